The van der Waals surface area contributed by atoms with Crippen LogP contribution < -0.4 is 15.0 Å². The summed E-state index contributed by atoms with van der Waals surface area (Å²) in [6.07, 6.45) is 1.53. The van der Waals surface area contributed by atoms with E-state index in [-0.39, 0.29) is 28.9 Å². The normalized spacial score (nSPS) is 11.0. The van der Waals surface area contributed by atoms with Crippen molar-refractivity contribution in [1.29, 1.82) is 0 Å². The van der Waals surface area contributed by atoms with Gasteiger partial charge in [-0.25, -0.2) is 9.78 Å². The third-order valence-electron chi connectivity index (χ3n) is 3.53. The van der Waals surface area contributed by atoms with Gasteiger partial charge >= 0.3 is 5.97 Å². The lowest BCUT2D eigenvalue weighted by molar-refractivity contribution is 0.0467. The number of fused-ring (bicyclic) bond motifs is 1. The number of halogens is 1. The minimum Gasteiger partial charge on any atom is -0.493 e. The summed E-state index contributed by atoms with van der Waals surface area (Å²) in [5.41, 5.74) is 0.350. The Morgan fingerprint density at radius 3 is 2.81 bits per heavy atom. The van der Waals surface area contributed by atoms with Crippen LogP contribution in [0.4, 0.5) is 0 Å². The van der Waals surface area contributed by atoms with Crippen molar-refractivity contribution in [2.45, 2.75) is 26.6 Å². The highest BCUT2D eigenvalue weighted by molar-refractivity contribution is 7.15. The number of esters is 1. The number of thiazole rings is 1. The molecule has 0 fully saturated rings. The second kappa shape index (κ2) is 7.98. The van der Waals surface area contributed by atoms with Crippen molar-refractivity contribution in [3.63, 3.8) is 0 Å². The fourth-order valence-corrected chi connectivity index (χ4v) is 3.37. The van der Waals surface area contributed by atoms with Crippen LogP contribution in [0.25, 0.3) is 4.96 Å². The zero-order valence-electron chi connectivity index (χ0n) is 14.9. The maximum atomic E-state index is 12.4. The molecule has 3 rings (SSSR count). The van der Waals surface area contributed by atoms with E-state index in [1.807, 2.05) is 13.8 Å². The number of carbonyl (C=O) groups is 1. The van der Waals surface area contributed by atoms with E-state index in [1.165, 1.54) is 41.0 Å². The number of ether oxygens (including phenoxy) is 3. The van der Waals surface area contributed by atoms with E-state index < -0.39 is 5.97 Å². The van der Waals surface area contributed by atoms with Crippen molar-refractivity contribution in [3.05, 3.63) is 56.4 Å². The molecule has 2 heterocycles. The maximum Gasteiger partial charge on any atom is 0.338 e. The number of rotatable bonds is 6. The zero-order chi connectivity index (χ0) is 19.6. The van der Waals surface area contributed by atoms with Crippen LogP contribution in [0.1, 0.15) is 29.9 Å². The number of carbonyl (C=O) groups excluding carboxylic acids is 1. The van der Waals surface area contributed by atoms with Gasteiger partial charge in [0.05, 0.1) is 29.5 Å². The summed E-state index contributed by atoms with van der Waals surface area (Å²) in [6.45, 7) is 3.59. The monoisotopic (exact) mass is 408 g/mol. The Bertz CT molecular complexity index is 1040. The number of nitrogens with zero attached hydrogens (tertiary/aromatic N) is 2. The number of methoxy groups -OCH3 is 1. The predicted molar refractivity (Wildman–Crippen MR) is 102 cm³/mol. The van der Waals surface area contributed by atoms with E-state index in [2.05, 4.69) is 4.98 Å². The molecule has 3 aromatic rings. The van der Waals surface area contributed by atoms with Gasteiger partial charge in [0.15, 0.2) is 16.5 Å². The molecule has 7 nitrogen and oxygen atoms in total. The lowest BCUT2D eigenvalue weighted by Crippen LogP contribution is -2.15. The first-order valence-electron chi connectivity index (χ1n) is 8.06. The number of aromatic nitrogens is 2. The number of hydrogen-bond acceptors (Lipinski definition) is 7. The van der Waals surface area contributed by atoms with Crippen LogP contribution >= 0.6 is 22.9 Å². The molecule has 0 unspecified atom stereocenters. The summed E-state index contributed by atoms with van der Waals surface area (Å²) in [7, 11) is 1.46. The van der Waals surface area contributed by atoms with Crippen molar-refractivity contribution < 1.29 is 19.0 Å². The summed E-state index contributed by atoms with van der Waals surface area (Å²) >= 11 is 7.55. The first kappa shape index (κ1) is 19.2. The average molecular weight is 409 g/mol. The summed E-state index contributed by atoms with van der Waals surface area (Å²) in [5, 5.41) is 2.00. The Morgan fingerprint density at radius 2 is 2.11 bits per heavy atom. The highest BCUT2D eigenvalue weighted by Crippen LogP contribution is 2.37. The molecule has 0 radical (unpaired) electrons. The van der Waals surface area contributed by atoms with Gasteiger partial charge in [-0.1, -0.05) is 11.6 Å². The predicted octanol–water partition coefficient (Wildman–Crippen LogP) is 3.56. The third kappa shape index (κ3) is 4.23. The second-order valence-electron chi connectivity index (χ2n) is 5.87. The van der Waals surface area contributed by atoms with Gasteiger partial charge < -0.3 is 14.2 Å². The molecule has 2 aromatic heterocycles. The van der Waals surface area contributed by atoms with Crippen molar-refractivity contribution in [2.75, 3.05) is 7.11 Å². The molecule has 0 aliphatic rings. The van der Waals surface area contributed by atoms with E-state index in [4.69, 9.17) is 25.8 Å². The Morgan fingerprint density at radius 1 is 1.33 bits per heavy atom. The highest BCUT2D eigenvalue weighted by atomic mass is 35.5. The lowest BCUT2D eigenvalue weighted by atomic mass is 10.2. The molecule has 0 spiro atoms. The van der Waals surface area contributed by atoms with Crippen LogP contribution in [-0.4, -0.2) is 28.6 Å². The van der Waals surface area contributed by atoms with Gasteiger partial charge in [-0.3, -0.25) is 9.20 Å². The summed E-state index contributed by atoms with van der Waals surface area (Å²) in [6, 6.07) is 4.28. The SMILES string of the molecule is COc1cc(C(=O)OCc2cc(=O)n3ccsc3n2)cc(Cl)c1OC(C)C. The molecule has 0 aliphatic heterocycles. The lowest BCUT2D eigenvalue weighted by Gasteiger charge is -2.16. The van der Waals surface area contributed by atoms with Crippen LogP contribution in [0.3, 0.4) is 0 Å². The molecule has 0 aliphatic carbocycles. The summed E-state index contributed by atoms with van der Waals surface area (Å²) in [5.74, 6) is 0.0857. The van der Waals surface area contributed by atoms with Crippen molar-refractivity contribution in [1.82, 2.24) is 9.38 Å². The quantitative estimate of drug-likeness (QED) is 0.580. The van der Waals surface area contributed by atoms with Crippen molar-refractivity contribution in [2.24, 2.45) is 0 Å². The van der Waals surface area contributed by atoms with Gasteiger partial charge in [-0.2, -0.15) is 0 Å². The van der Waals surface area contributed by atoms with Crippen molar-refractivity contribution >= 4 is 33.9 Å². The van der Waals surface area contributed by atoms with E-state index in [1.54, 1.807) is 11.6 Å². The summed E-state index contributed by atoms with van der Waals surface area (Å²) < 4.78 is 17.6. The smallest absolute Gasteiger partial charge is 0.338 e. The van der Waals surface area contributed by atoms with E-state index in [9.17, 15) is 9.59 Å². The molecular weight excluding hydrogens is 392 g/mol. The molecule has 27 heavy (non-hydrogen) atoms. The Balaban J connectivity index is 1.79. The molecule has 9 heteroatoms. The topological polar surface area (TPSA) is 79.1 Å². The van der Waals surface area contributed by atoms with E-state index in [0.717, 1.165) is 0 Å². The average Bonchev–Trinajstić information content (AvgIpc) is 3.10. The standard InChI is InChI=1S/C18H17ClN2O5S/c1-10(2)26-16-13(19)6-11(7-14(16)24-3)17(23)25-9-12-8-15(22)21-4-5-27-18(21)20-12/h4-8,10H,9H2,1-3H3. The van der Waals surface area contributed by atoms with E-state index in [0.29, 0.717) is 22.2 Å². The molecule has 0 bridgehead atoms. The van der Waals surface area contributed by atoms with Crippen LogP contribution in [-0.2, 0) is 11.3 Å². The molecule has 0 saturated carbocycles. The van der Waals surface area contributed by atoms with Gasteiger partial charge in [0.1, 0.15) is 6.61 Å². The fourth-order valence-electron chi connectivity index (χ4n) is 2.37. The fraction of sp³-hybridized carbons (Fsp3) is 0.278. The van der Waals surface area contributed by atoms with Gasteiger partial charge in [0, 0.05) is 17.6 Å². The molecule has 142 valence electrons. The first-order chi connectivity index (χ1) is 12.9. The molecule has 0 N–H and O–H groups in total. The van der Waals surface area contributed by atoms with Gasteiger partial charge in [-0.15, -0.1) is 11.3 Å². The molecule has 0 amide bonds. The Kier molecular flexibility index (Phi) is 5.67. The van der Waals surface area contributed by atoms with Crippen LogP contribution in [0.2, 0.25) is 5.02 Å². The van der Waals surface area contributed by atoms with Crippen LogP contribution in [0, 0.1) is 0 Å². The van der Waals surface area contributed by atoms with Gasteiger partial charge in [0.25, 0.3) is 5.56 Å². The van der Waals surface area contributed by atoms with E-state index >= 15 is 0 Å². The Labute approximate surface area is 164 Å². The minimum atomic E-state index is -0.612. The largest absolute Gasteiger partial charge is 0.493 e. The number of benzene rings is 1. The van der Waals surface area contributed by atoms with Crippen molar-refractivity contribution in [3.8, 4) is 11.5 Å². The van der Waals surface area contributed by atoms with Gasteiger partial charge in [0.2, 0.25) is 0 Å². The Hall–Kier alpha value is -2.58. The van der Waals surface area contributed by atoms with Gasteiger partial charge in [-0.05, 0) is 26.0 Å². The minimum absolute atomic E-state index is 0.105. The molecule has 0 atom stereocenters. The first-order valence-corrected chi connectivity index (χ1v) is 9.32. The molecule has 0 saturated heterocycles. The summed E-state index contributed by atoms with van der Waals surface area (Å²) in [4.78, 5) is 29.2. The molecule has 1 aromatic carbocycles. The number of hydrogen-bond donors (Lipinski definition) is 0. The maximum absolute atomic E-state index is 12.4. The zero-order valence-corrected chi connectivity index (χ0v) is 16.5. The highest BCUT2D eigenvalue weighted by Gasteiger charge is 2.18. The van der Waals surface area contributed by atoms with Crippen LogP contribution in [0.5, 0.6) is 11.5 Å². The van der Waals surface area contributed by atoms with Crippen LogP contribution in [0.15, 0.2) is 34.6 Å². The third-order valence-corrected chi connectivity index (χ3v) is 4.56. The molecular formula is C18H17ClN2O5S. The second-order valence-corrected chi connectivity index (χ2v) is 7.15.